The van der Waals surface area contributed by atoms with E-state index in [2.05, 4.69) is 79.5 Å². The zero-order chi connectivity index (χ0) is 41.0. The van der Waals surface area contributed by atoms with Crippen molar-refractivity contribution in [1.29, 1.82) is 0 Å². The molecule has 3 amide bonds. The summed E-state index contributed by atoms with van der Waals surface area (Å²) in [7, 11) is 3.15. The summed E-state index contributed by atoms with van der Waals surface area (Å²) in [6.07, 6.45) is 11.0. The Balaban J connectivity index is 0.000000182. The van der Waals surface area contributed by atoms with Crippen LogP contribution in [0.4, 0.5) is 0 Å². The fourth-order valence-corrected chi connectivity index (χ4v) is 8.43. The number of nitrogens with zero attached hydrogens (tertiary/aromatic N) is 4. The first-order valence-corrected chi connectivity index (χ1v) is 20.8. The van der Waals surface area contributed by atoms with Crippen LogP contribution in [0.3, 0.4) is 0 Å². The van der Waals surface area contributed by atoms with Gasteiger partial charge >= 0.3 is 0 Å². The van der Waals surface area contributed by atoms with Crippen molar-refractivity contribution in [2.45, 2.75) is 58.9 Å². The predicted molar refractivity (Wildman–Crippen MR) is 230 cm³/mol. The molecule has 2 aromatic carbocycles. The Hall–Kier alpha value is -5.38. The third kappa shape index (κ3) is 13.4. The second-order valence-electron chi connectivity index (χ2n) is 13.3. The van der Waals surface area contributed by atoms with Gasteiger partial charge in [-0.1, -0.05) is 56.7 Å². The minimum Gasteiger partial charge on any atom is -0.471 e. The first-order valence-electron chi connectivity index (χ1n) is 19.2. The largest absolute Gasteiger partial charge is 0.471 e. The molecule has 2 aliphatic rings. The number of likely N-dealkylation sites (tertiary alicyclic amines) is 2. The smallest absolute Gasteiger partial charge is 0.292 e. The average Bonchev–Trinajstić information content (AvgIpc) is 4.08. The van der Waals surface area contributed by atoms with Crippen molar-refractivity contribution < 1.29 is 23.9 Å². The second-order valence-corrected chi connectivity index (χ2v) is 15.4. The predicted octanol–water partition coefficient (Wildman–Crippen LogP) is 7.42. The fraction of sp³-hybridized carbons (Fsp3) is 0.381. The molecule has 2 saturated heterocycles. The average molecular weight is 815 g/mol. The number of aromatic amines is 2. The number of hydrogen-bond donors (Lipinski definition) is 4. The first-order chi connectivity index (χ1) is 27.7. The van der Waals surface area contributed by atoms with Crippen LogP contribution in [0.25, 0.3) is 41.4 Å². The maximum Gasteiger partial charge on any atom is 0.292 e. The van der Waals surface area contributed by atoms with Gasteiger partial charge in [0.2, 0.25) is 17.7 Å². The third-order valence-electron chi connectivity index (χ3n) is 8.81. The molecule has 6 heterocycles. The highest BCUT2D eigenvalue weighted by molar-refractivity contribution is 7.31. The molecule has 8 rings (SSSR count). The van der Waals surface area contributed by atoms with Crippen molar-refractivity contribution in [2.24, 2.45) is 0 Å². The number of hydrogen-bond acceptors (Lipinski definition) is 10. The van der Waals surface area contributed by atoms with E-state index in [0.717, 1.165) is 74.2 Å². The van der Waals surface area contributed by atoms with Crippen LogP contribution in [-0.4, -0.2) is 101 Å². The van der Waals surface area contributed by atoms with Gasteiger partial charge in [0.25, 0.3) is 6.47 Å². The van der Waals surface area contributed by atoms with Crippen molar-refractivity contribution in [3.05, 3.63) is 85.1 Å². The lowest BCUT2D eigenvalue weighted by Gasteiger charge is -2.23. The number of aromatic nitrogens is 4. The highest BCUT2D eigenvalue weighted by atomic mass is 32.1. The number of ether oxygens (including phenoxy) is 1. The molecule has 1 atom stereocenters. The Morgan fingerprint density at radius 1 is 0.877 bits per heavy atom. The summed E-state index contributed by atoms with van der Waals surface area (Å²) in [5, 5.41) is 5.60. The Morgan fingerprint density at radius 2 is 1.49 bits per heavy atom. The van der Waals surface area contributed by atoms with Crippen molar-refractivity contribution in [3.63, 3.8) is 0 Å². The maximum atomic E-state index is 12.2. The molecule has 1 unspecified atom stereocenters. The lowest BCUT2D eigenvalue weighted by atomic mass is 10.1. The summed E-state index contributed by atoms with van der Waals surface area (Å²) in [5.41, 5.74) is 5.43. The number of likely N-dealkylation sites (N-methyl/N-ethyl adjacent to an activating group) is 1. The zero-order valence-corrected chi connectivity index (χ0v) is 35.0. The SMILES string of the molecule is CC(=O)NCC(=O)N1CCCC1.CCC.CNC(C(=O)N1CCCC1)c1ccccc1.COC=O.c1ncc(-c2cc3sc(-c4ccc5nc[nH]c5c4)cc3s2)[nH]1. The molecule has 2 aliphatic heterocycles. The van der Waals surface area contributed by atoms with Crippen molar-refractivity contribution in [2.75, 3.05) is 46.9 Å². The summed E-state index contributed by atoms with van der Waals surface area (Å²) in [6, 6.07) is 20.6. The van der Waals surface area contributed by atoms with E-state index in [9.17, 15) is 14.4 Å². The number of H-pyrrole nitrogens is 2. The van der Waals surface area contributed by atoms with E-state index in [1.807, 2.05) is 59.8 Å². The van der Waals surface area contributed by atoms with Gasteiger partial charge in [0.05, 0.1) is 54.1 Å². The molecule has 6 aromatic rings. The summed E-state index contributed by atoms with van der Waals surface area (Å²) in [4.78, 5) is 63.9. The number of methoxy groups -OCH3 is 1. The second kappa shape index (κ2) is 23.6. The van der Waals surface area contributed by atoms with Crippen LogP contribution in [0.1, 0.15) is 64.5 Å². The molecule has 304 valence electrons. The van der Waals surface area contributed by atoms with Crippen LogP contribution < -0.4 is 10.6 Å². The van der Waals surface area contributed by atoms with E-state index in [1.165, 1.54) is 45.2 Å². The van der Waals surface area contributed by atoms with Gasteiger partial charge in [-0.15, -0.1) is 22.7 Å². The molecule has 0 radical (unpaired) electrons. The normalized spacial score (nSPS) is 13.5. The summed E-state index contributed by atoms with van der Waals surface area (Å²) in [5.74, 6) is 0.0800. The molecular weight excluding hydrogens is 761 g/mol. The molecule has 4 N–H and O–H groups in total. The van der Waals surface area contributed by atoms with Gasteiger partial charge < -0.3 is 35.1 Å². The van der Waals surface area contributed by atoms with Crippen LogP contribution in [0.15, 0.2) is 79.5 Å². The minimum atomic E-state index is -0.195. The Morgan fingerprint density at radius 3 is 2.07 bits per heavy atom. The molecule has 0 saturated carbocycles. The summed E-state index contributed by atoms with van der Waals surface area (Å²) in [6.45, 7) is 9.69. The number of thiophene rings is 2. The molecular formula is C42H54N8O5S2. The highest BCUT2D eigenvalue weighted by Crippen LogP contribution is 2.41. The van der Waals surface area contributed by atoms with Gasteiger partial charge in [0.1, 0.15) is 6.04 Å². The number of carbonyl (C=O) groups excluding carboxylic acids is 4. The summed E-state index contributed by atoms with van der Waals surface area (Å²) < 4.78 is 6.49. The number of amides is 3. The maximum absolute atomic E-state index is 12.2. The van der Waals surface area contributed by atoms with E-state index in [4.69, 9.17) is 4.79 Å². The van der Waals surface area contributed by atoms with Gasteiger partial charge in [-0.2, -0.15) is 0 Å². The van der Waals surface area contributed by atoms with Crippen LogP contribution >= 0.6 is 22.7 Å². The van der Waals surface area contributed by atoms with Gasteiger partial charge in [0.15, 0.2) is 0 Å². The van der Waals surface area contributed by atoms with Crippen LogP contribution in [0, 0.1) is 0 Å². The molecule has 15 heteroatoms. The zero-order valence-electron chi connectivity index (χ0n) is 33.4. The minimum absolute atomic E-state index is 0.0303. The molecule has 57 heavy (non-hydrogen) atoms. The Labute approximate surface area is 342 Å². The standard InChI is InChI=1S/C16H10N4S2.C13H18N2O.C8H14N2O2.C3H8.C2H4O2/c1-2-10-11(20-8-19-10)3-9(1)13-4-15-16(21-13)5-14(22-15)12-6-17-7-18-12;1-14-12(11-7-3-2-4-8-11)13(16)15-9-5-6-10-15;1-7(11)9-6-8(12)10-4-2-3-5-10;1-3-2;1-4-2-3/h1-8H,(H,17,18)(H,19,20);2-4,7-8,12,14H,5-6,9-10H2,1H3;2-6H2,1H3,(H,9,11);3H2,1-2H3;2H,1H3. The number of carbonyl (C=O) groups is 4. The van der Waals surface area contributed by atoms with Gasteiger partial charge in [-0.25, -0.2) is 9.97 Å². The van der Waals surface area contributed by atoms with Crippen molar-refractivity contribution in [3.8, 4) is 21.0 Å². The molecule has 4 aromatic heterocycles. The quantitative estimate of drug-likeness (QED) is 0.115. The highest BCUT2D eigenvalue weighted by Gasteiger charge is 2.26. The molecule has 13 nitrogen and oxygen atoms in total. The topological polar surface area (TPSA) is 165 Å². The number of fused-ring (bicyclic) bond motifs is 2. The van der Waals surface area contributed by atoms with E-state index in [-0.39, 0.29) is 30.3 Å². The number of benzene rings is 2. The lowest BCUT2D eigenvalue weighted by molar-refractivity contribution is -0.132. The van der Waals surface area contributed by atoms with Crippen molar-refractivity contribution >= 4 is 67.3 Å². The fourth-order valence-electron chi connectivity index (χ4n) is 6.07. The monoisotopic (exact) mass is 814 g/mol. The van der Waals surface area contributed by atoms with E-state index in [0.29, 0.717) is 6.47 Å². The third-order valence-corrected chi connectivity index (χ3v) is 11.2. The van der Waals surface area contributed by atoms with E-state index < -0.39 is 0 Å². The van der Waals surface area contributed by atoms with E-state index >= 15 is 0 Å². The Kier molecular flexibility index (Phi) is 18.4. The molecule has 0 spiro atoms. The molecule has 0 bridgehead atoms. The van der Waals surface area contributed by atoms with Crippen LogP contribution in [0.2, 0.25) is 0 Å². The summed E-state index contributed by atoms with van der Waals surface area (Å²) >= 11 is 3.62. The first kappa shape index (κ1) is 44.3. The lowest BCUT2D eigenvalue weighted by Crippen LogP contribution is -2.38. The van der Waals surface area contributed by atoms with Gasteiger partial charge in [-0.05, 0) is 68.1 Å². The Bertz CT molecular complexity index is 2070. The van der Waals surface area contributed by atoms with Gasteiger partial charge in [0, 0.05) is 47.4 Å². The number of nitrogens with one attached hydrogen (secondary N) is 4. The van der Waals surface area contributed by atoms with Gasteiger partial charge in [-0.3, -0.25) is 19.2 Å². The number of imidazole rings is 2. The molecule has 0 aliphatic carbocycles. The number of rotatable bonds is 8. The van der Waals surface area contributed by atoms with Crippen LogP contribution in [0.5, 0.6) is 0 Å². The van der Waals surface area contributed by atoms with Crippen LogP contribution in [-0.2, 0) is 23.9 Å². The molecule has 2 fully saturated rings. The van der Waals surface area contributed by atoms with E-state index in [1.54, 1.807) is 28.9 Å². The van der Waals surface area contributed by atoms with Crippen molar-refractivity contribution in [1.82, 2.24) is 40.4 Å².